The molecule has 1 saturated carbocycles. The Balaban J connectivity index is 1.38. The Kier molecular flexibility index (Phi) is 4.36. The van der Waals surface area contributed by atoms with Crippen molar-refractivity contribution in [2.45, 2.75) is 31.0 Å². The Morgan fingerprint density at radius 1 is 1.00 bits per heavy atom. The second kappa shape index (κ2) is 6.97. The fourth-order valence-corrected chi connectivity index (χ4v) is 3.94. The van der Waals surface area contributed by atoms with E-state index in [9.17, 15) is 18.4 Å². The minimum absolute atomic E-state index is 0.0237. The number of aromatic nitrogens is 1. The molecule has 5 nitrogen and oxygen atoms in total. The third-order valence-corrected chi connectivity index (χ3v) is 5.70. The lowest BCUT2D eigenvalue weighted by Crippen LogP contribution is -2.26. The van der Waals surface area contributed by atoms with Gasteiger partial charge in [0.15, 0.2) is 11.5 Å². The topological polar surface area (TPSA) is 65.5 Å². The van der Waals surface area contributed by atoms with Crippen LogP contribution in [0.25, 0.3) is 11.3 Å². The van der Waals surface area contributed by atoms with Crippen LogP contribution in [0.1, 0.15) is 34.5 Å². The zero-order valence-electron chi connectivity index (χ0n) is 16.3. The molecular weight excluding hydrogens is 404 g/mol. The Hall–Kier alpha value is -3.61. The summed E-state index contributed by atoms with van der Waals surface area (Å²) in [6.07, 6.45) is -1.51. The summed E-state index contributed by atoms with van der Waals surface area (Å²) in [4.78, 5) is 28.8. The van der Waals surface area contributed by atoms with Gasteiger partial charge in [0, 0.05) is 23.2 Å². The number of rotatable bonds is 6. The van der Waals surface area contributed by atoms with E-state index in [1.54, 1.807) is 30.3 Å². The van der Waals surface area contributed by atoms with Crippen LogP contribution in [0.5, 0.6) is 11.5 Å². The van der Waals surface area contributed by atoms with Gasteiger partial charge >= 0.3 is 6.29 Å². The van der Waals surface area contributed by atoms with Crippen molar-refractivity contribution in [1.29, 1.82) is 0 Å². The normalized spacial score (nSPS) is 17.2. The number of carbonyl (C=O) groups excluding carboxylic acids is 2. The van der Waals surface area contributed by atoms with Crippen molar-refractivity contribution in [3.05, 3.63) is 77.5 Å². The van der Waals surface area contributed by atoms with Crippen molar-refractivity contribution in [1.82, 2.24) is 4.98 Å². The number of nitrogens with zero attached hydrogens (tertiary/aromatic N) is 1. The molecule has 0 N–H and O–H groups in total. The highest BCUT2D eigenvalue weighted by atomic mass is 19.3. The summed E-state index contributed by atoms with van der Waals surface area (Å²) >= 11 is 0. The minimum Gasteiger partial charge on any atom is -0.395 e. The lowest BCUT2D eigenvalue weighted by molar-refractivity contribution is -0.286. The minimum atomic E-state index is -3.69. The molecule has 0 spiro atoms. The summed E-state index contributed by atoms with van der Waals surface area (Å²) in [5.74, 6) is -0.120. The molecule has 0 unspecified atom stereocenters. The molecule has 1 aromatic heterocycles. The first-order valence-corrected chi connectivity index (χ1v) is 9.84. The van der Waals surface area contributed by atoms with E-state index >= 15 is 0 Å². The highest BCUT2D eigenvalue weighted by Gasteiger charge is 2.52. The van der Waals surface area contributed by atoms with Gasteiger partial charge in [0.25, 0.3) is 0 Å². The van der Waals surface area contributed by atoms with Crippen LogP contribution in [-0.2, 0) is 16.6 Å². The Morgan fingerprint density at radius 3 is 2.55 bits per heavy atom. The molecule has 1 aliphatic carbocycles. The molecule has 1 aliphatic heterocycles. The van der Waals surface area contributed by atoms with Crippen molar-refractivity contribution in [3.8, 4) is 22.8 Å². The van der Waals surface area contributed by atoms with E-state index in [-0.39, 0.29) is 23.7 Å². The average molecular weight is 421 g/mol. The number of fused-ring (bicyclic) bond motifs is 1. The molecule has 0 saturated heterocycles. The molecule has 31 heavy (non-hydrogen) atoms. The number of ether oxygens (including phenoxy) is 2. The van der Waals surface area contributed by atoms with Gasteiger partial charge in [-0.3, -0.25) is 14.6 Å². The van der Waals surface area contributed by atoms with Gasteiger partial charge in [-0.2, -0.15) is 0 Å². The molecule has 0 bridgehead atoms. The van der Waals surface area contributed by atoms with Crippen LogP contribution in [0, 0.1) is 0 Å². The van der Waals surface area contributed by atoms with E-state index in [4.69, 9.17) is 0 Å². The Bertz CT molecular complexity index is 1200. The zero-order valence-corrected chi connectivity index (χ0v) is 16.3. The second-order valence-corrected chi connectivity index (χ2v) is 7.77. The standard InChI is InChI=1S/C24H17F2NO4/c25-24(26)30-20-8-7-17(12-21(20)31-24)23(9-10-23)22(29)13-18-5-2-6-19(27-18)16-4-1-3-15(11-16)14-28/h1-8,11-12,14H,9-10,13H2. The summed E-state index contributed by atoms with van der Waals surface area (Å²) in [5.41, 5.74) is 2.54. The van der Waals surface area contributed by atoms with Crippen molar-refractivity contribution < 1.29 is 27.8 Å². The first-order valence-electron chi connectivity index (χ1n) is 9.84. The van der Waals surface area contributed by atoms with Gasteiger partial charge in [-0.25, -0.2) is 0 Å². The van der Waals surface area contributed by atoms with Gasteiger partial charge in [-0.1, -0.05) is 30.3 Å². The number of hydrogen-bond acceptors (Lipinski definition) is 5. The number of aldehydes is 1. The quantitative estimate of drug-likeness (QED) is 0.539. The summed E-state index contributed by atoms with van der Waals surface area (Å²) in [6.45, 7) is 0. The number of Topliss-reactive ketones (excluding diaryl/α,β-unsaturated/α-hetero) is 1. The van der Waals surface area contributed by atoms with Crippen LogP contribution in [0.2, 0.25) is 0 Å². The number of benzene rings is 2. The molecule has 2 aliphatic rings. The third kappa shape index (κ3) is 3.56. The SMILES string of the molecule is O=Cc1cccc(-c2cccc(CC(=O)C3(c4ccc5c(c4)OC(F)(F)O5)CC3)n2)c1. The van der Waals surface area contributed by atoms with Crippen molar-refractivity contribution in [3.63, 3.8) is 0 Å². The van der Waals surface area contributed by atoms with Crippen LogP contribution < -0.4 is 9.47 Å². The third-order valence-electron chi connectivity index (χ3n) is 5.70. The van der Waals surface area contributed by atoms with Gasteiger partial charge in [-0.05, 0) is 48.7 Å². The maximum atomic E-state index is 13.3. The average Bonchev–Trinajstić information content (AvgIpc) is 3.51. The van der Waals surface area contributed by atoms with Crippen LogP contribution in [0.15, 0.2) is 60.7 Å². The largest absolute Gasteiger partial charge is 0.586 e. The van der Waals surface area contributed by atoms with Gasteiger partial charge in [0.2, 0.25) is 0 Å². The van der Waals surface area contributed by atoms with E-state index in [1.165, 1.54) is 12.1 Å². The van der Waals surface area contributed by atoms with Gasteiger partial charge < -0.3 is 9.47 Å². The van der Waals surface area contributed by atoms with E-state index in [2.05, 4.69) is 14.5 Å². The summed E-state index contributed by atoms with van der Waals surface area (Å²) < 4.78 is 35.6. The van der Waals surface area contributed by atoms with Crippen LogP contribution >= 0.6 is 0 Å². The molecule has 156 valence electrons. The number of ketones is 1. The Labute approximate surface area is 176 Å². The van der Waals surface area contributed by atoms with Crippen LogP contribution in [0.4, 0.5) is 8.78 Å². The van der Waals surface area contributed by atoms with Crippen molar-refractivity contribution in [2.24, 2.45) is 0 Å². The number of carbonyl (C=O) groups is 2. The maximum absolute atomic E-state index is 13.3. The highest BCUT2D eigenvalue weighted by Crippen LogP contribution is 2.52. The van der Waals surface area contributed by atoms with Gasteiger partial charge in [0.05, 0.1) is 11.1 Å². The molecule has 2 aromatic carbocycles. The van der Waals surface area contributed by atoms with E-state index in [0.29, 0.717) is 35.4 Å². The molecule has 0 amide bonds. The molecular formula is C24H17F2NO4. The Morgan fingerprint density at radius 2 is 1.77 bits per heavy atom. The highest BCUT2D eigenvalue weighted by molar-refractivity contribution is 5.94. The lowest BCUT2D eigenvalue weighted by Gasteiger charge is -2.15. The van der Waals surface area contributed by atoms with Crippen LogP contribution in [0.3, 0.4) is 0 Å². The van der Waals surface area contributed by atoms with E-state index in [0.717, 1.165) is 11.8 Å². The van der Waals surface area contributed by atoms with Gasteiger partial charge in [0.1, 0.15) is 12.1 Å². The number of hydrogen-bond donors (Lipinski definition) is 0. The molecule has 1 fully saturated rings. The van der Waals surface area contributed by atoms with Crippen molar-refractivity contribution >= 4 is 12.1 Å². The maximum Gasteiger partial charge on any atom is 0.586 e. The second-order valence-electron chi connectivity index (χ2n) is 7.77. The van der Waals surface area contributed by atoms with Crippen LogP contribution in [-0.4, -0.2) is 23.3 Å². The molecule has 2 heterocycles. The molecule has 0 atom stereocenters. The predicted octanol–water partition coefficient (Wildman–Crippen LogP) is 4.73. The number of halogens is 2. The molecule has 3 aromatic rings. The number of pyridine rings is 1. The fraction of sp³-hybridized carbons (Fsp3) is 0.208. The van der Waals surface area contributed by atoms with Gasteiger partial charge in [-0.15, -0.1) is 8.78 Å². The first-order chi connectivity index (χ1) is 14.9. The number of alkyl halides is 2. The molecule has 7 heteroatoms. The van der Waals surface area contributed by atoms with Crippen molar-refractivity contribution in [2.75, 3.05) is 0 Å². The molecule has 0 radical (unpaired) electrons. The lowest BCUT2D eigenvalue weighted by atomic mass is 9.88. The zero-order chi connectivity index (χ0) is 21.6. The monoisotopic (exact) mass is 421 g/mol. The smallest absolute Gasteiger partial charge is 0.395 e. The fourth-order valence-electron chi connectivity index (χ4n) is 3.94. The van der Waals surface area contributed by atoms with E-state index in [1.807, 2.05) is 18.2 Å². The first kappa shape index (κ1) is 19.4. The summed E-state index contributed by atoms with van der Waals surface area (Å²) in [7, 11) is 0. The predicted molar refractivity (Wildman–Crippen MR) is 107 cm³/mol. The summed E-state index contributed by atoms with van der Waals surface area (Å²) in [5, 5.41) is 0. The van der Waals surface area contributed by atoms with E-state index < -0.39 is 11.7 Å². The molecule has 5 rings (SSSR count). The summed E-state index contributed by atoms with van der Waals surface area (Å²) in [6, 6.07) is 17.0.